The Balaban J connectivity index is 1.76. The smallest absolute Gasteiger partial charge is 0.273 e. The minimum absolute atomic E-state index is 0.0589. The summed E-state index contributed by atoms with van der Waals surface area (Å²) in [5.74, 6) is -0.271. The SMILES string of the molecule is CCc1ccc(N(C(=O)Cc2ccccc2[N+](=O)[O-])c2nc3ccccc3s2)cc1. The van der Waals surface area contributed by atoms with Gasteiger partial charge in [-0.3, -0.25) is 19.8 Å². The van der Waals surface area contributed by atoms with Crippen molar-refractivity contribution >= 4 is 44.0 Å². The third-order valence-corrected chi connectivity index (χ3v) is 5.88. The molecule has 0 unspecified atom stereocenters. The monoisotopic (exact) mass is 417 g/mol. The molecule has 4 aromatic rings. The highest BCUT2D eigenvalue weighted by atomic mass is 32.1. The average Bonchev–Trinajstić information content (AvgIpc) is 3.18. The molecule has 0 radical (unpaired) electrons. The molecule has 30 heavy (non-hydrogen) atoms. The molecule has 1 amide bonds. The van der Waals surface area contributed by atoms with E-state index in [-0.39, 0.29) is 18.0 Å². The number of nitrogens with zero attached hydrogens (tertiary/aromatic N) is 3. The predicted molar refractivity (Wildman–Crippen MR) is 119 cm³/mol. The van der Waals surface area contributed by atoms with Crippen molar-refractivity contribution < 1.29 is 9.72 Å². The molecule has 0 saturated carbocycles. The Labute approximate surface area is 177 Å². The summed E-state index contributed by atoms with van der Waals surface area (Å²) in [4.78, 5) is 30.5. The Morgan fingerprint density at radius 3 is 2.43 bits per heavy atom. The number of hydrogen-bond acceptors (Lipinski definition) is 5. The first kappa shape index (κ1) is 19.7. The van der Waals surface area contributed by atoms with Gasteiger partial charge in [-0.05, 0) is 36.2 Å². The number of fused-ring (bicyclic) bond motifs is 1. The second-order valence-corrected chi connectivity index (χ2v) is 7.79. The van der Waals surface area contributed by atoms with Gasteiger partial charge in [-0.25, -0.2) is 4.98 Å². The van der Waals surface area contributed by atoms with Crippen molar-refractivity contribution in [1.82, 2.24) is 4.98 Å². The zero-order valence-corrected chi connectivity index (χ0v) is 17.1. The van der Waals surface area contributed by atoms with Crippen LogP contribution in [0.1, 0.15) is 18.1 Å². The van der Waals surface area contributed by atoms with Crippen LogP contribution in [0.5, 0.6) is 0 Å². The summed E-state index contributed by atoms with van der Waals surface area (Å²) in [7, 11) is 0. The molecule has 1 heterocycles. The molecule has 0 N–H and O–H groups in total. The number of nitro benzene ring substituents is 1. The second-order valence-electron chi connectivity index (χ2n) is 6.78. The first-order valence-corrected chi connectivity index (χ1v) is 10.4. The van der Waals surface area contributed by atoms with Gasteiger partial charge >= 0.3 is 0 Å². The Morgan fingerprint density at radius 1 is 1.03 bits per heavy atom. The first-order valence-electron chi connectivity index (χ1n) is 9.56. The van der Waals surface area contributed by atoms with Crippen LogP contribution in [-0.4, -0.2) is 15.8 Å². The van der Waals surface area contributed by atoms with E-state index in [1.807, 2.05) is 48.5 Å². The average molecular weight is 417 g/mol. The number of amides is 1. The fourth-order valence-electron chi connectivity index (χ4n) is 3.28. The number of hydrogen-bond donors (Lipinski definition) is 0. The minimum atomic E-state index is -0.458. The molecular weight excluding hydrogens is 398 g/mol. The van der Waals surface area contributed by atoms with Gasteiger partial charge in [0.15, 0.2) is 5.13 Å². The molecule has 0 fully saturated rings. The van der Waals surface area contributed by atoms with E-state index in [1.165, 1.54) is 17.4 Å². The molecule has 0 bridgehead atoms. The summed E-state index contributed by atoms with van der Waals surface area (Å²) < 4.78 is 0.973. The molecule has 150 valence electrons. The Bertz CT molecular complexity index is 1180. The van der Waals surface area contributed by atoms with Crippen molar-refractivity contribution in [3.05, 3.63) is 94.0 Å². The lowest BCUT2D eigenvalue weighted by Crippen LogP contribution is -2.27. The number of carbonyl (C=O) groups is 1. The number of nitro groups is 1. The van der Waals surface area contributed by atoms with Crippen molar-refractivity contribution in [2.45, 2.75) is 19.8 Å². The standard InChI is InChI=1S/C23H19N3O3S/c1-2-16-11-13-18(14-12-16)25(23-24-19-8-4-6-10-21(19)30-23)22(27)15-17-7-3-5-9-20(17)26(28)29/h3-14H,2,15H2,1H3. The van der Waals surface area contributed by atoms with E-state index in [1.54, 1.807) is 23.1 Å². The molecule has 0 saturated heterocycles. The van der Waals surface area contributed by atoms with Crippen LogP contribution in [0.15, 0.2) is 72.8 Å². The van der Waals surface area contributed by atoms with Gasteiger partial charge in [0.05, 0.1) is 27.2 Å². The van der Waals surface area contributed by atoms with Gasteiger partial charge in [-0.1, -0.05) is 60.7 Å². The van der Waals surface area contributed by atoms with Crippen LogP contribution in [0.25, 0.3) is 10.2 Å². The van der Waals surface area contributed by atoms with Gasteiger partial charge in [-0.2, -0.15) is 0 Å². The lowest BCUT2D eigenvalue weighted by Gasteiger charge is -2.20. The summed E-state index contributed by atoms with van der Waals surface area (Å²) in [5.41, 5.74) is 2.98. The molecule has 4 rings (SSSR count). The van der Waals surface area contributed by atoms with E-state index in [2.05, 4.69) is 11.9 Å². The van der Waals surface area contributed by atoms with Gasteiger partial charge < -0.3 is 0 Å². The fourth-order valence-corrected chi connectivity index (χ4v) is 4.28. The van der Waals surface area contributed by atoms with Gasteiger partial charge in [0.1, 0.15) is 0 Å². The minimum Gasteiger partial charge on any atom is -0.274 e. The van der Waals surface area contributed by atoms with Crippen LogP contribution < -0.4 is 4.90 Å². The first-order chi connectivity index (χ1) is 14.6. The fraction of sp³-hybridized carbons (Fsp3) is 0.130. The molecule has 0 atom stereocenters. The zero-order chi connectivity index (χ0) is 21.1. The van der Waals surface area contributed by atoms with Crippen molar-refractivity contribution in [3.63, 3.8) is 0 Å². The van der Waals surface area contributed by atoms with Gasteiger partial charge in [0, 0.05) is 11.6 Å². The number of rotatable bonds is 6. The van der Waals surface area contributed by atoms with E-state index in [9.17, 15) is 14.9 Å². The summed E-state index contributed by atoms with van der Waals surface area (Å²) in [5, 5.41) is 11.9. The Kier molecular flexibility index (Phi) is 5.54. The van der Waals surface area contributed by atoms with Crippen molar-refractivity contribution in [2.24, 2.45) is 0 Å². The molecule has 6 nitrogen and oxygen atoms in total. The molecular formula is C23H19N3O3S. The van der Waals surface area contributed by atoms with Crippen molar-refractivity contribution in [3.8, 4) is 0 Å². The van der Waals surface area contributed by atoms with Crippen LogP contribution in [0, 0.1) is 10.1 Å². The molecule has 0 spiro atoms. The highest BCUT2D eigenvalue weighted by molar-refractivity contribution is 7.22. The van der Waals surface area contributed by atoms with Crippen LogP contribution in [-0.2, 0) is 17.6 Å². The molecule has 7 heteroatoms. The molecule has 0 aliphatic heterocycles. The maximum Gasteiger partial charge on any atom is 0.273 e. The normalized spacial score (nSPS) is 10.8. The summed E-state index contributed by atoms with van der Waals surface area (Å²) in [6, 6.07) is 21.8. The predicted octanol–water partition coefficient (Wildman–Crippen LogP) is 5.67. The Morgan fingerprint density at radius 2 is 1.73 bits per heavy atom. The topological polar surface area (TPSA) is 76.3 Å². The van der Waals surface area contributed by atoms with Crippen molar-refractivity contribution in [2.75, 3.05) is 4.90 Å². The number of anilines is 2. The summed E-state index contributed by atoms with van der Waals surface area (Å²) in [6.45, 7) is 2.07. The number of thiazole rings is 1. The molecule has 0 aliphatic rings. The molecule has 0 aliphatic carbocycles. The van der Waals surface area contributed by atoms with Crippen molar-refractivity contribution in [1.29, 1.82) is 0 Å². The van der Waals surface area contributed by atoms with E-state index in [0.29, 0.717) is 16.4 Å². The number of aryl methyl sites for hydroxylation is 1. The number of carbonyl (C=O) groups excluding carboxylic acids is 1. The number of benzene rings is 3. The third kappa shape index (κ3) is 3.92. The van der Waals surface area contributed by atoms with Crippen LogP contribution in [0.3, 0.4) is 0 Å². The number of para-hydroxylation sites is 2. The van der Waals surface area contributed by atoms with Crippen LogP contribution >= 0.6 is 11.3 Å². The van der Waals surface area contributed by atoms with Gasteiger partial charge in [0.25, 0.3) is 5.69 Å². The van der Waals surface area contributed by atoms with E-state index >= 15 is 0 Å². The van der Waals surface area contributed by atoms with Crippen LogP contribution in [0.2, 0.25) is 0 Å². The highest BCUT2D eigenvalue weighted by Crippen LogP contribution is 2.34. The summed E-state index contributed by atoms with van der Waals surface area (Å²) >= 11 is 1.42. The number of aromatic nitrogens is 1. The quantitative estimate of drug-likeness (QED) is 0.299. The maximum atomic E-state index is 13.4. The molecule has 3 aromatic carbocycles. The van der Waals surface area contributed by atoms with E-state index in [0.717, 1.165) is 22.2 Å². The van der Waals surface area contributed by atoms with E-state index < -0.39 is 4.92 Å². The molecule has 1 aromatic heterocycles. The van der Waals surface area contributed by atoms with Crippen LogP contribution in [0.4, 0.5) is 16.5 Å². The lowest BCUT2D eigenvalue weighted by molar-refractivity contribution is -0.385. The highest BCUT2D eigenvalue weighted by Gasteiger charge is 2.24. The Hall–Kier alpha value is -3.58. The maximum absolute atomic E-state index is 13.4. The largest absolute Gasteiger partial charge is 0.274 e. The van der Waals surface area contributed by atoms with Gasteiger partial charge in [-0.15, -0.1) is 0 Å². The van der Waals surface area contributed by atoms with Gasteiger partial charge in [0.2, 0.25) is 5.91 Å². The third-order valence-electron chi connectivity index (χ3n) is 4.86. The van der Waals surface area contributed by atoms with E-state index in [4.69, 9.17) is 0 Å². The summed E-state index contributed by atoms with van der Waals surface area (Å²) in [6.07, 6.45) is 0.800. The lowest BCUT2D eigenvalue weighted by atomic mass is 10.1. The second kappa shape index (κ2) is 8.42. The zero-order valence-electron chi connectivity index (χ0n) is 16.3.